The van der Waals surface area contributed by atoms with Crippen LogP contribution in [0.3, 0.4) is 0 Å². The Morgan fingerprint density at radius 1 is 1.16 bits per heavy atom. The van der Waals surface area contributed by atoms with Crippen molar-refractivity contribution in [3.8, 4) is 0 Å². The Hall–Kier alpha value is -2.51. The Balaban J connectivity index is 1.66. The third-order valence-corrected chi connectivity index (χ3v) is 3.51. The maximum absolute atomic E-state index is 4.37. The van der Waals surface area contributed by atoms with Crippen molar-refractivity contribution in [1.29, 1.82) is 0 Å². The molecule has 4 rings (SSSR count). The normalized spacial score (nSPS) is 19.4. The summed E-state index contributed by atoms with van der Waals surface area (Å²) >= 11 is 0. The van der Waals surface area contributed by atoms with Crippen molar-refractivity contribution < 1.29 is 0 Å². The van der Waals surface area contributed by atoms with Gasteiger partial charge in [0.05, 0.1) is 6.33 Å². The Bertz CT molecular complexity index is 688. The molecular weight excluding hydrogens is 244 g/mol. The van der Waals surface area contributed by atoms with Crippen molar-refractivity contribution >= 4 is 17.0 Å². The van der Waals surface area contributed by atoms with E-state index in [2.05, 4.69) is 40.0 Å². The van der Waals surface area contributed by atoms with E-state index in [1.807, 2.05) is 0 Å². The number of anilines is 1. The smallest absolute Gasteiger partial charge is 0.182 e. The number of nitrogens with one attached hydrogen (secondary N) is 2. The van der Waals surface area contributed by atoms with Crippen LogP contribution in [-0.4, -0.2) is 48.2 Å². The van der Waals surface area contributed by atoms with E-state index < -0.39 is 0 Å². The Labute approximate surface area is 108 Å². The molecule has 8 heteroatoms. The fourth-order valence-electron chi connectivity index (χ4n) is 2.58. The molecule has 1 unspecified atom stereocenters. The van der Waals surface area contributed by atoms with E-state index in [1.165, 1.54) is 0 Å². The number of aromatic amines is 2. The van der Waals surface area contributed by atoms with E-state index in [1.54, 1.807) is 19.0 Å². The van der Waals surface area contributed by atoms with Crippen LogP contribution in [0.2, 0.25) is 0 Å². The number of rotatable bonds is 2. The molecule has 8 nitrogen and oxygen atoms in total. The van der Waals surface area contributed by atoms with E-state index in [0.29, 0.717) is 11.6 Å². The van der Waals surface area contributed by atoms with Crippen LogP contribution in [0.4, 0.5) is 5.82 Å². The summed E-state index contributed by atoms with van der Waals surface area (Å²) in [5, 5.41) is 6.85. The van der Waals surface area contributed by atoms with Crippen LogP contribution >= 0.6 is 0 Å². The van der Waals surface area contributed by atoms with Crippen molar-refractivity contribution in [2.75, 3.05) is 18.0 Å². The minimum absolute atomic E-state index is 0.371. The lowest BCUT2D eigenvalue weighted by Crippen LogP contribution is -2.21. The second-order valence-electron chi connectivity index (χ2n) is 4.60. The average molecular weight is 256 g/mol. The first-order chi connectivity index (χ1) is 9.42. The fourth-order valence-corrected chi connectivity index (χ4v) is 2.58. The van der Waals surface area contributed by atoms with E-state index >= 15 is 0 Å². The van der Waals surface area contributed by atoms with Crippen LogP contribution in [0, 0.1) is 0 Å². The van der Waals surface area contributed by atoms with Gasteiger partial charge in [-0.25, -0.2) is 19.9 Å². The van der Waals surface area contributed by atoms with Gasteiger partial charge in [0.15, 0.2) is 11.5 Å². The van der Waals surface area contributed by atoms with Gasteiger partial charge in [0.1, 0.15) is 24.0 Å². The highest BCUT2D eigenvalue weighted by atomic mass is 15.2. The monoisotopic (exact) mass is 256 g/mol. The van der Waals surface area contributed by atoms with E-state index in [-0.39, 0.29) is 0 Å². The average Bonchev–Trinajstić information content (AvgIpc) is 3.18. The van der Waals surface area contributed by atoms with Crippen LogP contribution in [0.5, 0.6) is 0 Å². The molecule has 0 saturated carbocycles. The number of imidazole rings is 1. The van der Waals surface area contributed by atoms with Crippen molar-refractivity contribution in [1.82, 2.24) is 35.1 Å². The molecule has 1 aliphatic heterocycles. The van der Waals surface area contributed by atoms with E-state index in [0.717, 1.165) is 36.7 Å². The van der Waals surface area contributed by atoms with Gasteiger partial charge in [0, 0.05) is 19.0 Å². The van der Waals surface area contributed by atoms with Gasteiger partial charge in [0.25, 0.3) is 0 Å². The van der Waals surface area contributed by atoms with Crippen LogP contribution in [-0.2, 0) is 0 Å². The van der Waals surface area contributed by atoms with Gasteiger partial charge in [-0.15, -0.1) is 0 Å². The summed E-state index contributed by atoms with van der Waals surface area (Å²) in [6.45, 7) is 1.82. The van der Waals surface area contributed by atoms with Gasteiger partial charge in [-0.3, -0.25) is 5.10 Å². The van der Waals surface area contributed by atoms with Gasteiger partial charge in [-0.1, -0.05) is 0 Å². The molecule has 4 heterocycles. The minimum atomic E-state index is 0.371. The molecule has 1 aliphatic rings. The predicted molar refractivity (Wildman–Crippen MR) is 67.6 cm³/mol. The zero-order valence-electron chi connectivity index (χ0n) is 10.1. The predicted octanol–water partition coefficient (Wildman–Crippen LogP) is 0.465. The Morgan fingerprint density at radius 2 is 2.16 bits per heavy atom. The molecule has 2 N–H and O–H groups in total. The van der Waals surface area contributed by atoms with Crippen molar-refractivity contribution in [3.63, 3.8) is 0 Å². The number of H-pyrrole nitrogens is 2. The first-order valence-corrected chi connectivity index (χ1v) is 6.16. The molecule has 19 heavy (non-hydrogen) atoms. The summed E-state index contributed by atoms with van der Waals surface area (Å²) < 4.78 is 0. The second kappa shape index (κ2) is 4.01. The Kier molecular flexibility index (Phi) is 2.20. The molecule has 1 fully saturated rings. The molecule has 96 valence electrons. The summed E-state index contributed by atoms with van der Waals surface area (Å²) in [6.07, 6.45) is 5.79. The molecule has 0 radical (unpaired) electrons. The lowest BCUT2D eigenvalue weighted by molar-refractivity contribution is 0.713. The van der Waals surface area contributed by atoms with Gasteiger partial charge in [0.2, 0.25) is 0 Å². The van der Waals surface area contributed by atoms with Gasteiger partial charge in [-0.05, 0) is 6.42 Å². The molecule has 0 spiro atoms. The molecule has 0 aliphatic carbocycles. The molecular formula is C11H12N8. The topological polar surface area (TPSA) is 99.3 Å². The maximum atomic E-state index is 4.37. The Morgan fingerprint density at radius 3 is 3.05 bits per heavy atom. The molecule has 0 aromatic carbocycles. The van der Waals surface area contributed by atoms with Gasteiger partial charge >= 0.3 is 0 Å². The van der Waals surface area contributed by atoms with Crippen molar-refractivity contribution in [3.05, 3.63) is 24.8 Å². The quantitative estimate of drug-likeness (QED) is 0.691. The van der Waals surface area contributed by atoms with Crippen LogP contribution in [0.15, 0.2) is 19.0 Å². The minimum Gasteiger partial charge on any atom is -0.354 e. The van der Waals surface area contributed by atoms with Crippen molar-refractivity contribution in [2.24, 2.45) is 0 Å². The molecule has 0 amide bonds. The summed E-state index contributed by atoms with van der Waals surface area (Å²) in [4.78, 5) is 22.2. The highest BCUT2D eigenvalue weighted by molar-refractivity contribution is 5.82. The zero-order chi connectivity index (χ0) is 12.7. The number of hydrogen-bond acceptors (Lipinski definition) is 6. The zero-order valence-corrected chi connectivity index (χ0v) is 10.1. The third kappa shape index (κ3) is 1.64. The lowest BCUT2D eigenvalue weighted by atomic mass is 10.1. The number of nitrogens with zero attached hydrogens (tertiary/aromatic N) is 6. The molecule has 3 aromatic heterocycles. The summed E-state index contributed by atoms with van der Waals surface area (Å²) in [5.41, 5.74) is 1.59. The molecule has 1 atom stereocenters. The summed E-state index contributed by atoms with van der Waals surface area (Å²) in [7, 11) is 0. The molecule has 0 bridgehead atoms. The fraction of sp³-hybridized carbons (Fsp3) is 0.364. The van der Waals surface area contributed by atoms with Gasteiger partial charge < -0.3 is 9.88 Å². The van der Waals surface area contributed by atoms with Crippen molar-refractivity contribution in [2.45, 2.75) is 12.3 Å². The summed E-state index contributed by atoms with van der Waals surface area (Å²) in [5.74, 6) is 2.22. The number of fused-ring (bicyclic) bond motifs is 1. The first-order valence-electron chi connectivity index (χ1n) is 6.16. The SMILES string of the molecule is c1n[nH]c(C2CCN(c3ncnc4nc[nH]c34)C2)n1. The second-order valence-corrected chi connectivity index (χ2v) is 4.60. The van der Waals surface area contributed by atoms with E-state index in [9.17, 15) is 0 Å². The standard InChI is InChI=1S/C11H12N8/c1-2-19(3-7(1)9-15-6-17-18-9)11-8-10(13-4-12-8)14-5-16-11/h4-7H,1-3H2,(H,15,17,18)(H,12,13,14,16). The first kappa shape index (κ1) is 10.4. The number of hydrogen-bond donors (Lipinski definition) is 2. The largest absolute Gasteiger partial charge is 0.354 e. The highest BCUT2D eigenvalue weighted by Crippen LogP contribution is 2.30. The molecule has 3 aromatic rings. The maximum Gasteiger partial charge on any atom is 0.182 e. The van der Waals surface area contributed by atoms with Crippen LogP contribution < -0.4 is 4.90 Å². The summed E-state index contributed by atoms with van der Waals surface area (Å²) in [6, 6.07) is 0. The lowest BCUT2D eigenvalue weighted by Gasteiger charge is -2.16. The van der Waals surface area contributed by atoms with Crippen LogP contribution in [0.1, 0.15) is 18.2 Å². The van der Waals surface area contributed by atoms with E-state index in [4.69, 9.17) is 0 Å². The number of aromatic nitrogens is 7. The van der Waals surface area contributed by atoms with Crippen LogP contribution in [0.25, 0.3) is 11.2 Å². The highest BCUT2D eigenvalue weighted by Gasteiger charge is 2.28. The third-order valence-electron chi connectivity index (χ3n) is 3.51. The molecule has 1 saturated heterocycles. The van der Waals surface area contributed by atoms with Gasteiger partial charge in [-0.2, -0.15) is 5.10 Å².